The molecule has 0 bridgehead atoms. The fourth-order valence-electron chi connectivity index (χ4n) is 7.67. The van der Waals surface area contributed by atoms with Crippen molar-refractivity contribution < 1.29 is 20.6 Å². The quantitative estimate of drug-likeness (QED) is 0.331. The van der Waals surface area contributed by atoms with Gasteiger partial charge >= 0.3 is 0 Å². The number of aliphatic hydroxyl groups excluding tert-OH is 2. The monoisotopic (exact) mass is 388 g/mol. The SMILES string of the molecule is CC1CC2C3CCC4=C/C(=N/O)C=CC4(C)C3C(O)CC2(C)C1/C(CO)=N/O. The molecule has 8 atom stereocenters. The van der Waals surface area contributed by atoms with Crippen molar-refractivity contribution in [1.29, 1.82) is 0 Å². The first-order valence-electron chi connectivity index (χ1n) is 10.4. The molecule has 3 fully saturated rings. The van der Waals surface area contributed by atoms with Crippen molar-refractivity contribution in [2.24, 2.45) is 50.7 Å². The second-order valence-electron chi connectivity index (χ2n) is 9.86. The molecule has 4 N–H and O–H groups in total. The normalized spacial score (nSPS) is 49.4. The molecule has 0 aromatic heterocycles. The molecular weight excluding hydrogens is 356 g/mol. The van der Waals surface area contributed by atoms with Crippen molar-refractivity contribution in [2.75, 3.05) is 6.61 Å². The third kappa shape index (κ3) is 2.53. The number of nitrogens with zero attached hydrogens (tertiary/aromatic N) is 2. The largest absolute Gasteiger partial charge is 0.411 e. The summed E-state index contributed by atoms with van der Waals surface area (Å²) in [5.74, 6) is 1.21. The summed E-state index contributed by atoms with van der Waals surface area (Å²) in [7, 11) is 0. The highest BCUT2D eigenvalue weighted by Crippen LogP contribution is 2.67. The van der Waals surface area contributed by atoms with Crippen LogP contribution in [0.3, 0.4) is 0 Å². The predicted molar refractivity (Wildman–Crippen MR) is 107 cm³/mol. The van der Waals surface area contributed by atoms with Crippen LogP contribution in [0.2, 0.25) is 0 Å². The van der Waals surface area contributed by atoms with Gasteiger partial charge in [0.05, 0.1) is 18.4 Å². The van der Waals surface area contributed by atoms with E-state index >= 15 is 0 Å². The van der Waals surface area contributed by atoms with Gasteiger partial charge < -0.3 is 20.6 Å². The third-order valence-corrected chi connectivity index (χ3v) is 8.61. The summed E-state index contributed by atoms with van der Waals surface area (Å²) in [6.07, 6.45) is 9.07. The molecule has 0 amide bonds. The molecule has 28 heavy (non-hydrogen) atoms. The van der Waals surface area contributed by atoms with Gasteiger partial charge in [-0.3, -0.25) is 0 Å². The smallest absolute Gasteiger partial charge is 0.102 e. The van der Waals surface area contributed by atoms with Crippen molar-refractivity contribution in [1.82, 2.24) is 0 Å². The van der Waals surface area contributed by atoms with Crippen LogP contribution in [0.15, 0.2) is 34.1 Å². The van der Waals surface area contributed by atoms with E-state index in [4.69, 9.17) is 5.21 Å². The zero-order valence-electron chi connectivity index (χ0n) is 16.9. The lowest BCUT2D eigenvalue weighted by atomic mass is 9.46. The molecule has 6 heteroatoms. The van der Waals surface area contributed by atoms with Gasteiger partial charge in [0, 0.05) is 17.3 Å². The molecule has 4 aliphatic carbocycles. The number of fused-ring (bicyclic) bond motifs is 5. The Hall–Kier alpha value is -1.66. The molecule has 0 spiro atoms. The summed E-state index contributed by atoms with van der Waals surface area (Å²) in [6.45, 7) is 6.36. The summed E-state index contributed by atoms with van der Waals surface area (Å²) in [6, 6.07) is 0. The Kier molecular flexibility index (Phi) is 4.70. The lowest BCUT2D eigenvalue weighted by Gasteiger charge is -2.58. The zero-order valence-corrected chi connectivity index (χ0v) is 16.9. The fourth-order valence-corrected chi connectivity index (χ4v) is 7.67. The van der Waals surface area contributed by atoms with Crippen molar-refractivity contribution in [2.45, 2.75) is 52.6 Å². The number of hydrogen-bond donors (Lipinski definition) is 4. The van der Waals surface area contributed by atoms with Gasteiger partial charge in [0.1, 0.15) is 5.71 Å². The van der Waals surface area contributed by atoms with Crippen LogP contribution in [0.1, 0.15) is 46.5 Å². The van der Waals surface area contributed by atoms with Gasteiger partial charge in [-0.25, -0.2) is 0 Å². The van der Waals surface area contributed by atoms with Crippen molar-refractivity contribution >= 4 is 11.4 Å². The van der Waals surface area contributed by atoms with Crippen LogP contribution in [0.25, 0.3) is 0 Å². The van der Waals surface area contributed by atoms with E-state index in [2.05, 4.69) is 37.2 Å². The Morgan fingerprint density at radius 2 is 2.04 bits per heavy atom. The van der Waals surface area contributed by atoms with E-state index in [9.17, 15) is 15.4 Å². The molecule has 3 saturated carbocycles. The fraction of sp³-hybridized carbons (Fsp3) is 0.727. The molecule has 0 heterocycles. The van der Waals surface area contributed by atoms with Crippen molar-refractivity contribution in [3.05, 3.63) is 23.8 Å². The molecule has 8 unspecified atom stereocenters. The number of aliphatic hydroxyl groups is 2. The van der Waals surface area contributed by atoms with E-state index in [0.717, 1.165) is 19.3 Å². The maximum absolute atomic E-state index is 11.4. The highest BCUT2D eigenvalue weighted by molar-refractivity contribution is 6.05. The van der Waals surface area contributed by atoms with E-state index in [1.807, 2.05) is 12.2 Å². The summed E-state index contributed by atoms with van der Waals surface area (Å²) in [4.78, 5) is 0. The Balaban J connectivity index is 1.73. The molecule has 6 nitrogen and oxygen atoms in total. The van der Waals surface area contributed by atoms with E-state index in [1.165, 1.54) is 5.57 Å². The molecule has 0 aliphatic heterocycles. The van der Waals surface area contributed by atoms with Crippen LogP contribution < -0.4 is 0 Å². The van der Waals surface area contributed by atoms with Crippen LogP contribution >= 0.6 is 0 Å². The molecule has 0 radical (unpaired) electrons. The molecule has 0 aromatic rings. The second kappa shape index (κ2) is 6.70. The minimum Gasteiger partial charge on any atom is -0.411 e. The maximum atomic E-state index is 11.4. The van der Waals surface area contributed by atoms with Gasteiger partial charge in [-0.05, 0) is 61.0 Å². The van der Waals surface area contributed by atoms with Gasteiger partial charge in [0.2, 0.25) is 0 Å². The lowest BCUT2D eigenvalue weighted by Crippen LogP contribution is -2.56. The summed E-state index contributed by atoms with van der Waals surface area (Å²) in [5.41, 5.74) is 1.85. The number of oxime groups is 2. The highest BCUT2D eigenvalue weighted by atomic mass is 16.4. The van der Waals surface area contributed by atoms with Gasteiger partial charge in [0.25, 0.3) is 0 Å². The van der Waals surface area contributed by atoms with E-state index < -0.39 is 6.10 Å². The van der Waals surface area contributed by atoms with Crippen LogP contribution in [0.5, 0.6) is 0 Å². The first kappa shape index (κ1) is 19.6. The van der Waals surface area contributed by atoms with Crippen LogP contribution in [0, 0.1) is 40.4 Å². The number of rotatable bonds is 2. The third-order valence-electron chi connectivity index (χ3n) is 8.61. The Labute approximate surface area is 166 Å². The summed E-state index contributed by atoms with van der Waals surface area (Å²) >= 11 is 0. The number of allylic oxidation sites excluding steroid dienone is 4. The Morgan fingerprint density at radius 3 is 2.68 bits per heavy atom. The first-order valence-corrected chi connectivity index (χ1v) is 10.4. The number of hydrogen-bond acceptors (Lipinski definition) is 6. The van der Waals surface area contributed by atoms with Gasteiger partial charge in [0.15, 0.2) is 0 Å². The zero-order chi connectivity index (χ0) is 20.3. The standard InChI is InChI=1S/C22H32N2O4/c1-12-8-16-15-5-4-13-9-14(23-27)6-7-21(13,2)20(15)18(26)10-22(16,3)19(12)17(11-25)24-28/h6-7,9,12,15-16,18-20,25-28H,4-5,8,10-11H2,1-3H3/b23-14+,24-17+. The van der Waals surface area contributed by atoms with E-state index in [0.29, 0.717) is 35.6 Å². The van der Waals surface area contributed by atoms with Crippen molar-refractivity contribution in [3.63, 3.8) is 0 Å². The highest BCUT2D eigenvalue weighted by Gasteiger charge is 2.63. The Morgan fingerprint density at radius 1 is 1.29 bits per heavy atom. The van der Waals surface area contributed by atoms with Gasteiger partial charge in [-0.15, -0.1) is 0 Å². The molecule has 4 aliphatic rings. The second-order valence-corrected chi connectivity index (χ2v) is 9.86. The summed E-state index contributed by atoms with van der Waals surface area (Å²) in [5, 5.41) is 46.5. The van der Waals surface area contributed by atoms with Crippen LogP contribution in [0.4, 0.5) is 0 Å². The average Bonchev–Trinajstić information content (AvgIpc) is 2.92. The topological polar surface area (TPSA) is 106 Å². The van der Waals surface area contributed by atoms with Crippen LogP contribution in [-0.4, -0.2) is 44.8 Å². The van der Waals surface area contributed by atoms with Gasteiger partial charge in [-0.1, -0.05) is 42.7 Å². The molecule has 0 saturated heterocycles. The van der Waals surface area contributed by atoms with E-state index in [1.54, 1.807) is 0 Å². The molecule has 154 valence electrons. The lowest BCUT2D eigenvalue weighted by molar-refractivity contribution is -0.109. The first-order chi connectivity index (χ1) is 13.3. The predicted octanol–water partition coefficient (Wildman–Crippen LogP) is 3.21. The molecule has 0 aromatic carbocycles. The molecular formula is C22H32N2O4. The van der Waals surface area contributed by atoms with E-state index in [-0.39, 0.29) is 29.3 Å². The minimum absolute atomic E-state index is 0.0112. The maximum Gasteiger partial charge on any atom is 0.102 e. The average molecular weight is 389 g/mol. The van der Waals surface area contributed by atoms with Crippen molar-refractivity contribution in [3.8, 4) is 0 Å². The minimum atomic E-state index is -0.469. The molecule has 4 rings (SSSR count). The summed E-state index contributed by atoms with van der Waals surface area (Å²) < 4.78 is 0. The Bertz CT molecular complexity index is 772. The van der Waals surface area contributed by atoms with Crippen LogP contribution in [-0.2, 0) is 0 Å². The van der Waals surface area contributed by atoms with Gasteiger partial charge in [-0.2, -0.15) is 0 Å².